The van der Waals surface area contributed by atoms with Crippen LogP contribution in [0.1, 0.15) is 24.2 Å². The Labute approximate surface area is 131 Å². The maximum absolute atomic E-state index is 12.3. The summed E-state index contributed by atoms with van der Waals surface area (Å²) < 4.78 is 6.20. The van der Waals surface area contributed by atoms with Gasteiger partial charge in [0, 0.05) is 11.0 Å². The van der Waals surface area contributed by atoms with E-state index >= 15 is 0 Å². The van der Waals surface area contributed by atoms with E-state index in [1.54, 1.807) is 17.0 Å². The monoisotopic (exact) mass is 356 g/mol. The number of morpholine rings is 1. The minimum absolute atomic E-state index is 0.0465. The van der Waals surface area contributed by atoms with Gasteiger partial charge in [-0.25, -0.2) is 9.59 Å². The van der Waals surface area contributed by atoms with E-state index in [1.807, 2.05) is 13.8 Å². The van der Waals surface area contributed by atoms with E-state index in [-0.39, 0.29) is 17.3 Å². The molecule has 1 aromatic carbocycles. The Balaban J connectivity index is 2.14. The van der Waals surface area contributed by atoms with Gasteiger partial charge in [0.2, 0.25) is 0 Å². The zero-order chi connectivity index (χ0) is 15.6. The van der Waals surface area contributed by atoms with E-state index in [4.69, 9.17) is 4.74 Å². The zero-order valence-corrected chi connectivity index (χ0v) is 13.4. The van der Waals surface area contributed by atoms with Crippen molar-refractivity contribution in [3.63, 3.8) is 0 Å². The molecule has 21 heavy (non-hydrogen) atoms. The van der Waals surface area contributed by atoms with Crippen LogP contribution in [0.15, 0.2) is 22.7 Å². The highest BCUT2D eigenvalue weighted by molar-refractivity contribution is 9.10. The molecule has 0 bridgehead atoms. The van der Waals surface area contributed by atoms with Gasteiger partial charge in [0.15, 0.2) is 0 Å². The van der Waals surface area contributed by atoms with E-state index in [0.29, 0.717) is 24.2 Å². The highest BCUT2D eigenvalue weighted by atomic mass is 79.9. The second kappa shape index (κ2) is 6.03. The summed E-state index contributed by atoms with van der Waals surface area (Å²) >= 11 is 3.22. The van der Waals surface area contributed by atoms with Gasteiger partial charge >= 0.3 is 12.0 Å². The fraction of sp³-hybridized carbons (Fsp3) is 0.429. The molecule has 0 aliphatic carbocycles. The molecule has 0 saturated carbocycles. The first-order chi connectivity index (χ1) is 9.78. The topological polar surface area (TPSA) is 78.9 Å². The third-order valence-electron chi connectivity index (χ3n) is 3.17. The predicted molar refractivity (Wildman–Crippen MR) is 81.7 cm³/mol. The number of halogens is 1. The molecule has 0 atom stereocenters. The van der Waals surface area contributed by atoms with Crippen LogP contribution in [0, 0.1) is 0 Å². The lowest BCUT2D eigenvalue weighted by Crippen LogP contribution is -2.51. The molecule has 1 aliphatic heterocycles. The van der Waals surface area contributed by atoms with E-state index in [0.717, 1.165) is 0 Å². The fourth-order valence-corrected chi connectivity index (χ4v) is 2.55. The number of hydrogen-bond acceptors (Lipinski definition) is 3. The van der Waals surface area contributed by atoms with Gasteiger partial charge < -0.3 is 20.1 Å². The number of carboxylic acid groups (broad SMARTS) is 1. The highest BCUT2D eigenvalue weighted by Crippen LogP contribution is 2.23. The smallest absolute Gasteiger partial charge is 0.337 e. The maximum Gasteiger partial charge on any atom is 0.337 e. The van der Waals surface area contributed by atoms with Crippen molar-refractivity contribution in [3.05, 3.63) is 28.2 Å². The molecule has 0 radical (unpaired) electrons. The molecule has 114 valence electrons. The molecule has 2 rings (SSSR count). The first kappa shape index (κ1) is 15.8. The zero-order valence-electron chi connectivity index (χ0n) is 11.9. The van der Waals surface area contributed by atoms with Crippen molar-refractivity contribution in [2.75, 3.05) is 25.0 Å². The van der Waals surface area contributed by atoms with Crippen LogP contribution < -0.4 is 5.32 Å². The molecule has 0 spiro atoms. The molecule has 1 saturated heterocycles. The van der Waals surface area contributed by atoms with Crippen molar-refractivity contribution < 1.29 is 19.4 Å². The van der Waals surface area contributed by atoms with Gasteiger partial charge in [0.1, 0.15) is 0 Å². The Morgan fingerprint density at radius 1 is 1.43 bits per heavy atom. The first-order valence-corrected chi connectivity index (χ1v) is 7.30. The number of aromatic carboxylic acids is 1. The van der Waals surface area contributed by atoms with Gasteiger partial charge in [-0.15, -0.1) is 0 Å². The Bertz CT molecular complexity index is 574. The standard InChI is InChI=1S/C14H17BrN2O4/c1-14(2)8-17(5-6-21-14)13(20)16-11-4-3-9(15)7-10(11)12(18)19/h3-4,7H,5-6,8H2,1-2H3,(H,16,20)(H,18,19). The van der Waals surface area contributed by atoms with E-state index in [2.05, 4.69) is 21.2 Å². The van der Waals surface area contributed by atoms with Crippen LogP contribution in [0.2, 0.25) is 0 Å². The molecule has 6 nitrogen and oxygen atoms in total. The van der Waals surface area contributed by atoms with Gasteiger partial charge in [-0.3, -0.25) is 0 Å². The van der Waals surface area contributed by atoms with Crippen LogP contribution in [-0.4, -0.2) is 47.3 Å². The van der Waals surface area contributed by atoms with Gasteiger partial charge in [-0.1, -0.05) is 15.9 Å². The second-order valence-corrected chi connectivity index (χ2v) is 6.37. The molecule has 1 aromatic rings. The molecule has 0 aromatic heterocycles. The Hall–Kier alpha value is -1.60. The molecule has 1 fully saturated rings. The third-order valence-corrected chi connectivity index (χ3v) is 3.66. The molecule has 1 aliphatic rings. The van der Waals surface area contributed by atoms with Gasteiger partial charge in [-0.05, 0) is 32.0 Å². The number of urea groups is 1. The average molecular weight is 357 g/mol. The largest absolute Gasteiger partial charge is 0.478 e. The quantitative estimate of drug-likeness (QED) is 0.853. The molecule has 2 N–H and O–H groups in total. The first-order valence-electron chi connectivity index (χ1n) is 6.51. The summed E-state index contributed by atoms with van der Waals surface area (Å²) in [7, 11) is 0. The number of ether oxygens (including phenoxy) is 1. The molecule has 2 amide bonds. The number of hydrogen-bond donors (Lipinski definition) is 2. The lowest BCUT2D eigenvalue weighted by Gasteiger charge is -2.38. The Morgan fingerprint density at radius 2 is 2.14 bits per heavy atom. The summed E-state index contributed by atoms with van der Waals surface area (Å²) in [5.41, 5.74) is -0.0736. The van der Waals surface area contributed by atoms with Crippen molar-refractivity contribution in [1.29, 1.82) is 0 Å². The van der Waals surface area contributed by atoms with Crippen LogP contribution in [-0.2, 0) is 4.74 Å². The summed E-state index contributed by atoms with van der Waals surface area (Å²) in [5, 5.41) is 11.8. The van der Waals surface area contributed by atoms with Crippen LogP contribution in [0.3, 0.4) is 0 Å². The van der Waals surface area contributed by atoms with Crippen molar-refractivity contribution in [2.45, 2.75) is 19.4 Å². The molecule has 1 heterocycles. The summed E-state index contributed by atoms with van der Waals surface area (Å²) in [6.07, 6.45) is 0. The number of benzene rings is 1. The predicted octanol–water partition coefficient (Wildman–Crippen LogP) is 2.79. The van der Waals surface area contributed by atoms with Crippen molar-refractivity contribution in [3.8, 4) is 0 Å². The lowest BCUT2D eigenvalue weighted by atomic mass is 10.1. The van der Waals surface area contributed by atoms with Crippen molar-refractivity contribution in [2.24, 2.45) is 0 Å². The minimum Gasteiger partial charge on any atom is -0.478 e. The SMILES string of the molecule is CC1(C)CN(C(=O)Nc2ccc(Br)cc2C(=O)O)CCO1. The van der Waals surface area contributed by atoms with Crippen LogP contribution in [0.25, 0.3) is 0 Å². The minimum atomic E-state index is -1.09. The van der Waals surface area contributed by atoms with Gasteiger partial charge in [0.25, 0.3) is 0 Å². The number of carboxylic acids is 1. The summed E-state index contributed by atoms with van der Waals surface area (Å²) in [5.74, 6) is -1.09. The van der Waals surface area contributed by atoms with E-state index in [1.165, 1.54) is 6.07 Å². The number of rotatable bonds is 2. The molecule has 0 unspecified atom stereocenters. The number of carbonyl (C=O) groups excluding carboxylic acids is 1. The Kier molecular flexibility index (Phi) is 4.53. The summed E-state index contributed by atoms with van der Waals surface area (Å²) in [6.45, 7) is 5.22. The van der Waals surface area contributed by atoms with Crippen LogP contribution in [0.5, 0.6) is 0 Å². The fourth-order valence-electron chi connectivity index (χ4n) is 2.19. The molecular weight excluding hydrogens is 340 g/mol. The number of amides is 2. The molecule has 7 heteroatoms. The van der Waals surface area contributed by atoms with Crippen LogP contribution in [0.4, 0.5) is 10.5 Å². The second-order valence-electron chi connectivity index (χ2n) is 5.45. The van der Waals surface area contributed by atoms with E-state index in [9.17, 15) is 14.7 Å². The normalized spacial score (nSPS) is 17.4. The highest BCUT2D eigenvalue weighted by Gasteiger charge is 2.30. The van der Waals surface area contributed by atoms with Crippen molar-refractivity contribution in [1.82, 2.24) is 4.90 Å². The summed E-state index contributed by atoms with van der Waals surface area (Å²) in [4.78, 5) is 25.1. The van der Waals surface area contributed by atoms with Gasteiger partial charge in [-0.2, -0.15) is 0 Å². The van der Waals surface area contributed by atoms with Gasteiger partial charge in [0.05, 0.1) is 30.0 Å². The molecular formula is C14H17BrN2O4. The van der Waals surface area contributed by atoms with Crippen LogP contribution >= 0.6 is 15.9 Å². The van der Waals surface area contributed by atoms with E-state index < -0.39 is 11.6 Å². The number of nitrogens with one attached hydrogen (secondary N) is 1. The number of carbonyl (C=O) groups is 2. The number of anilines is 1. The lowest BCUT2D eigenvalue weighted by molar-refractivity contribution is -0.0720. The Morgan fingerprint density at radius 3 is 2.76 bits per heavy atom. The maximum atomic E-state index is 12.3. The third kappa shape index (κ3) is 3.95. The van der Waals surface area contributed by atoms with Crippen molar-refractivity contribution >= 4 is 33.6 Å². The summed E-state index contributed by atoms with van der Waals surface area (Å²) in [6, 6.07) is 4.39. The number of nitrogens with zero attached hydrogens (tertiary/aromatic N) is 1. The average Bonchev–Trinajstić information content (AvgIpc) is 2.39.